The molecule has 0 aromatic heterocycles. The van der Waals surface area contributed by atoms with Crippen LogP contribution in [0.3, 0.4) is 0 Å². The molecule has 0 amide bonds. The number of allylic oxidation sites excluding steroid dienone is 4. The number of carbonyl (C=O) groups excluding carboxylic acids is 1. The zero-order valence-corrected chi connectivity index (χ0v) is 13.3. The summed E-state index contributed by atoms with van der Waals surface area (Å²) < 4.78 is 0. The maximum Gasteiger partial charge on any atom is 0.156 e. The standard InChI is InChI=1S/C20H24O2/c1-3-20(22)11-9-18-17-6-4-13-12-14(21)5-7-15(13)16(17)8-10-19(18,20)2/h1,12,17-18,22H,4-11H2,2H3/t17-,18-,19+,20+/m1/s1. The number of aliphatic hydroxyl groups is 1. The Kier molecular flexibility index (Phi) is 2.97. The molecule has 0 aliphatic heterocycles. The van der Waals surface area contributed by atoms with E-state index in [1.807, 2.05) is 6.08 Å². The minimum Gasteiger partial charge on any atom is -0.377 e. The Morgan fingerprint density at radius 2 is 2.05 bits per heavy atom. The van der Waals surface area contributed by atoms with E-state index >= 15 is 0 Å². The molecule has 4 aliphatic rings. The number of hydrogen-bond donors (Lipinski definition) is 1. The van der Waals surface area contributed by atoms with Gasteiger partial charge in [0.05, 0.1) is 0 Å². The summed E-state index contributed by atoms with van der Waals surface area (Å²) in [4.78, 5) is 11.7. The third-order valence-electron chi connectivity index (χ3n) is 7.12. The van der Waals surface area contributed by atoms with Crippen molar-refractivity contribution in [2.75, 3.05) is 0 Å². The molecule has 0 spiro atoms. The Morgan fingerprint density at radius 3 is 2.82 bits per heavy atom. The van der Waals surface area contributed by atoms with E-state index in [4.69, 9.17) is 6.42 Å². The first kappa shape index (κ1) is 14.3. The van der Waals surface area contributed by atoms with Gasteiger partial charge in [0.25, 0.3) is 0 Å². The molecule has 2 heteroatoms. The van der Waals surface area contributed by atoms with Gasteiger partial charge in [-0.25, -0.2) is 0 Å². The summed E-state index contributed by atoms with van der Waals surface area (Å²) in [6, 6.07) is 0. The minimum atomic E-state index is -0.924. The van der Waals surface area contributed by atoms with Gasteiger partial charge >= 0.3 is 0 Å². The van der Waals surface area contributed by atoms with E-state index in [9.17, 15) is 9.90 Å². The van der Waals surface area contributed by atoms with E-state index < -0.39 is 5.60 Å². The second-order valence-corrected chi connectivity index (χ2v) is 7.85. The SMILES string of the molecule is C#C[C@]1(O)CC[C@@H]2[C@@H]3CCC4=CC(=O)CCC4=C3CC[C@@]21C. The molecule has 0 radical (unpaired) electrons. The van der Waals surface area contributed by atoms with Crippen LogP contribution in [0.1, 0.15) is 58.3 Å². The molecule has 2 fully saturated rings. The van der Waals surface area contributed by atoms with Crippen molar-refractivity contribution in [3.8, 4) is 12.3 Å². The Balaban J connectivity index is 1.75. The van der Waals surface area contributed by atoms with E-state index in [-0.39, 0.29) is 5.41 Å². The van der Waals surface area contributed by atoms with Crippen molar-refractivity contribution in [2.45, 2.75) is 63.9 Å². The number of rotatable bonds is 0. The zero-order valence-electron chi connectivity index (χ0n) is 13.3. The molecule has 0 aromatic rings. The lowest BCUT2D eigenvalue weighted by Crippen LogP contribution is -2.48. The van der Waals surface area contributed by atoms with E-state index in [1.165, 1.54) is 11.1 Å². The molecule has 22 heavy (non-hydrogen) atoms. The maximum absolute atomic E-state index is 11.7. The van der Waals surface area contributed by atoms with Crippen molar-refractivity contribution in [3.05, 3.63) is 22.8 Å². The van der Waals surface area contributed by atoms with Gasteiger partial charge in [-0.15, -0.1) is 6.42 Å². The highest BCUT2D eigenvalue weighted by atomic mass is 16.3. The molecular weight excluding hydrogens is 272 g/mol. The molecule has 1 N–H and O–H groups in total. The van der Waals surface area contributed by atoms with Crippen molar-refractivity contribution in [2.24, 2.45) is 17.3 Å². The zero-order chi connectivity index (χ0) is 15.5. The summed E-state index contributed by atoms with van der Waals surface area (Å²) in [5.41, 5.74) is 3.31. The van der Waals surface area contributed by atoms with Crippen molar-refractivity contribution >= 4 is 5.78 Å². The second-order valence-electron chi connectivity index (χ2n) is 7.85. The van der Waals surface area contributed by atoms with Crippen molar-refractivity contribution in [1.29, 1.82) is 0 Å². The fraction of sp³-hybridized carbons (Fsp3) is 0.650. The smallest absolute Gasteiger partial charge is 0.156 e. The van der Waals surface area contributed by atoms with Crippen LogP contribution in [-0.4, -0.2) is 16.5 Å². The molecule has 4 atom stereocenters. The quantitative estimate of drug-likeness (QED) is 0.694. The number of terminal acetylenes is 1. The van der Waals surface area contributed by atoms with Gasteiger partial charge < -0.3 is 5.11 Å². The van der Waals surface area contributed by atoms with Crippen LogP contribution >= 0.6 is 0 Å². The number of hydrogen-bond acceptors (Lipinski definition) is 2. The molecule has 4 aliphatic carbocycles. The maximum atomic E-state index is 11.7. The van der Waals surface area contributed by atoms with Crippen LogP contribution in [0.15, 0.2) is 22.8 Å². The summed E-state index contributed by atoms with van der Waals surface area (Å²) in [5.74, 6) is 4.09. The molecular formula is C20H24O2. The molecule has 0 heterocycles. The fourth-order valence-electron chi connectivity index (χ4n) is 5.79. The summed E-state index contributed by atoms with van der Waals surface area (Å²) in [6.07, 6.45) is 15.1. The van der Waals surface area contributed by atoms with Crippen molar-refractivity contribution in [1.82, 2.24) is 0 Å². The average Bonchev–Trinajstić information content (AvgIpc) is 2.79. The lowest BCUT2D eigenvalue weighted by Gasteiger charge is -2.50. The van der Waals surface area contributed by atoms with E-state index in [1.54, 1.807) is 5.57 Å². The molecule has 2 nitrogen and oxygen atoms in total. The van der Waals surface area contributed by atoms with Gasteiger partial charge in [0, 0.05) is 11.8 Å². The molecule has 2 saturated carbocycles. The highest BCUT2D eigenvalue weighted by Gasteiger charge is 2.60. The molecule has 0 aromatic carbocycles. The van der Waals surface area contributed by atoms with Crippen LogP contribution in [0.5, 0.6) is 0 Å². The van der Waals surface area contributed by atoms with Crippen LogP contribution in [0.4, 0.5) is 0 Å². The third-order valence-corrected chi connectivity index (χ3v) is 7.12. The molecule has 4 rings (SSSR count). The lowest BCUT2D eigenvalue weighted by molar-refractivity contribution is -0.114. The van der Waals surface area contributed by atoms with Gasteiger partial charge in [0.1, 0.15) is 5.60 Å². The molecule has 0 saturated heterocycles. The number of ketones is 1. The topological polar surface area (TPSA) is 37.3 Å². The molecule has 0 bridgehead atoms. The summed E-state index contributed by atoms with van der Waals surface area (Å²) in [6.45, 7) is 2.21. The van der Waals surface area contributed by atoms with Gasteiger partial charge in [-0.2, -0.15) is 0 Å². The van der Waals surface area contributed by atoms with Crippen molar-refractivity contribution < 1.29 is 9.90 Å². The molecule has 0 unspecified atom stereocenters. The minimum absolute atomic E-state index is 0.137. The van der Waals surface area contributed by atoms with Gasteiger partial charge in [-0.05, 0) is 74.0 Å². The van der Waals surface area contributed by atoms with Gasteiger partial charge in [0.2, 0.25) is 0 Å². The number of carbonyl (C=O) groups is 1. The lowest BCUT2D eigenvalue weighted by atomic mass is 9.55. The first-order chi connectivity index (χ1) is 10.5. The van der Waals surface area contributed by atoms with Gasteiger partial charge in [-0.3, -0.25) is 4.79 Å². The van der Waals surface area contributed by atoms with Crippen LogP contribution in [-0.2, 0) is 4.79 Å². The fourth-order valence-corrected chi connectivity index (χ4v) is 5.79. The van der Waals surface area contributed by atoms with Crippen LogP contribution in [0, 0.1) is 29.6 Å². The van der Waals surface area contributed by atoms with Crippen LogP contribution in [0.2, 0.25) is 0 Å². The second kappa shape index (κ2) is 4.59. The first-order valence-electron chi connectivity index (χ1n) is 8.64. The van der Waals surface area contributed by atoms with Crippen LogP contribution < -0.4 is 0 Å². The Hall–Kier alpha value is -1.33. The Morgan fingerprint density at radius 1 is 1.23 bits per heavy atom. The highest BCUT2D eigenvalue weighted by molar-refractivity contribution is 5.93. The Bertz CT molecular complexity index is 647. The predicted octanol–water partition coefficient (Wildman–Crippen LogP) is 3.56. The van der Waals surface area contributed by atoms with Crippen LogP contribution in [0.25, 0.3) is 0 Å². The van der Waals surface area contributed by atoms with E-state index in [2.05, 4.69) is 12.8 Å². The van der Waals surface area contributed by atoms with E-state index in [0.29, 0.717) is 24.0 Å². The van der Waals surface area contributed by atoms with Crippen molar-refractivity contribution in [3.63, 3.8) is 0 Å². The molecule has 116 valence electrons. The average molecular weight is 296 g/mol. The largest absolute Gasteiger partial charge is 0.377 e. The summed E-state index contributed by atoms with van der Waals surface area (Å²) in [5, 5.41) is 10.9. The highest BCUT2D eigenvalue weighted by Crippen LogP contribution is 2.63. The monoisotopic (exact) mass is 296 g/mol. The normalized spacial score (nSPS) is 43.9. The predicted molar refractivity (Wildman–Crippen MR) is 85.9 cm³/mol. The van der Waals surface area contributed by atoms with E-state index in [0.717, 1.165) is 44.9 Å². The third kappa shape index (κ3) is 1.69. The summed E-state index contributed by atoms with van der Waals surface area (Å²) >= 11 is 0. The van der Waals surface area contributed by atoms with Gasteiger partial charge in [-0.1, -0.05) is 18.4 Å². The first-order valence-corrected chi connectivity index (χ1v) is 8.64. The Labute approximate surface area is 132 Å². The van der Waals surface area contributed by atoms with Gasteiger partial charge in [0.15, 0.2) is 5.78 Å². The summed E-state index contributed by atoms with van der Waals surface area (Å²) in [7, 11) is 0. The number of fused-ring (bicyclic) bond motifs is 4.